The quantitative estimate of drug-likeness (QED) is 0.605. The van der Waals surface area contributed by atoms with Crippen LogP contribution in [0.4, 0.5) is 0 Å². The zero-order valence-corrected chi connectivity index (χ0v) is 19.2. The lowest BCUT2D eigenvalue weighted by atomic mass is 9.93. The maximum absolute atomic E-state index is 13.3. The molecule has 0 spiro atoms. The Bertz CT molecular complexity index is 1190. The van der Waals surface area contributed by atoms with Gasteiger partial charge >= 0.3 is 0 Å². The van der Waals surface area contributed by atoms with E-state index in [4.69, 9.17) is 9.72 Å². The van der Waals surface area contributed by atoms with Crippen molar-refractivity contribution in [2.24, 2.45) is 7.05 Å². The summed E-state index contributed by atoms with van der Waals surface area (Å²) in [6, 6.07) is 12.1. The largest absolute Gasteiger partial charge is 0.497 e. The van der Waals surface area contributed by atoms with Crippen molar-refractivity contribution >= 4 is 10.0 Å². The molecule has 0 amide bonds. The van der Waals surface area contributed by atoms with Gasteiger partial charge < -0.3 is 4.74 Å². The first-order valence-corrected chi connectivity index (χ1v) is 11.9. The highest BCUT2D eigenvalue weighted by atomic mass is 32.2. The Labute approximate surface area is 183 Å². The Morgan fingerprint density at radius 1 is 1.10 bits per heavy atom. The van der Waals surface area contributed by atoms with Crippen LogP contribution in [0.5, 0.6) is 5.75 Å². The molecule has 0 N–H and O–H groups in total. The number of aromatic nitrogens is 3. The van der Waals surface area contributed by atoms with Crippen molar-refractivity contribution in [2.45, 2.75) is 37.5 Å². The monoisotopic (exact) mass is 440 g/mol. The average Bonchev–Trinajstić information content (AvgIpc) is 3.12. The maximum atomic E-state index is 13.3. The third kappa shape index (κ3) is 4.22. The standard InChI is InChI=1S/C23H28N4O3S/c1-16-12-20(18-7-9-21(30-4)10-8-18)13-22(25-16)19-6-5-11-27(15-19)31(28,29)23-14-24-26(3)17(23)2/h7-10,12-14,19H,5-6,11,15H2,1-4H3/t19-/m0/s1. The van der Waals surface area contributed by atoms with Gasteiger partial charge in [-0.3, -0.25) is 9.67 Å². The van der Waals surface area contributed by atoms with Crippen LogP contribution in [-0.2, 0) is 17.1 Å². The SMILES string of the molecule is COc1ccc(-c2cc(C)nc([C@H]3CCCN(S(=O)(=O)c4cnn(C)c4C)C3)c2)cc1. The molecule has 0 radical (unpaired) electrons. The van der Waals surface area contributed by atoms with E-state index < -0.39 is 10.0 Å². The summed E-state index contributed by atoms with van der Waals surface area (Å²) in [5, 5.41) is 4.11. The fraction of sp³-hybridized carbons (Fsp3) is 0.391. The van der Waals surface area contributed by atoms with E-state index in [0.29, 0.717) is 18.8 Å². The molecule has 164 valence electrons. The minimum Gasteiger partial charge on any atom is -0.497 e. The van der Waals surface area contributed by atoms with Gasteiger partial charge in [-0.2, -0.15) is 9.40 Å². The molecular weight excluding hydrogens is 412 g/mol. The van der Waals surface area contributed by atoms with E-state index in [0.717, 1.165) is 41.1 Å². The number of hydrogen-bond donors (Lipinski definition) is 0. The number of methoxy groups -OCH3 is 1. The van der Waals surface area contributed by atoms with E-state index in [1.807, 2.05) is 31.2 Å². The first-order valence-electron chi connectivity index (χ1n) is 10.4. The number of rotatable bonds is 5. The first-order chi connectivity index (χ1) is 14.8. The molecule has 3 aromatic rings. The van der Waals surface area contributed by atoms with Gasteiger partial charge in [-0.1, -0.05) is 12.1 Å². The van der Waals surface area contributed by atoms with Crippen LogP contribution in [0.25, 0.3) is 11.1 Å². The molecule has 2 aromatic heterocycles. The van der Waals surface area contributed by atoms with E-state index in [9.17, 15) is 8.42 Å². The molecule has 7 nitrogen and oxygen atoms in total. The molecule has 3 heterocycles. The van der Waals surface area contributed by atoms with Crippen LogP contribution in [0.2, 0.25) is 0 Å². The number of hydrogen-bond acceptors (Lipinski definition) is 5. The lowest BCUT2D eigenvalue weighted by molar-refractivity contribution is 0.312. The molecular formula is C23H28N4O3S. The number of benzene rings is 1. The van der Waals surface area contributed by atoms with Crippen LogP contribution in [0.1, 0.15) is 35.8 Å². The third-order valence-corrected chi connectivity index (χ3v) is 7.98. The van der Waals surface area contributed by atoms with Crippen molar-refractivity contribution < 1.29 is 13.2 Å². The van der Waals surface area contributed by atoms with Crippen molar-refractivity contribution in [1.29, 1.82) is 0 Å². The van der Waals surface area contributed by atoms with Crippen molar-refractivity contribution in [1.82, 2.24) is 19.1 Å². The highest BCUT2D eigenvalue weighted by molar-refractivity contribution is 7.89. The average molecular weight is 441 g/mol. The smallest absolute Gasteiger partial charge is 0.246 e. The van der Waals surface area contributed by atoms with Gasteiger partial charge in [-0.25, -0.2) is 8.42 Å². The number of aryl methyl sites for hydroxylation is 2. The van der Waals surface area contributed by atoms with Crippen LogP contribution < -0.4 is 4.74 Å². The van der Waals surface area contributed by atoms with Crippen molar-refractivity contribution in [2.75, 3.05) is 20.2 Å². The number of piperidine rings is 1. The summed E-state index contributed by atoms with van der Waals surface area (Å²) in [5.74, 6) is 0.867. The second kappa shape index (κ2) is 8.43. The molecule has 0 unspecified atom stereocenters. The van der Waals surface area contributed by atoms with Crippen molar-refractivity contribution in [3.05, 3.63) is 59.7 Å². The van der Waals surface area contributed by atoms with Crippen LogP contribution in [0.15, 0.2) is 47.5 Å². The molecule has 1 fully saturated rings. The second-order valence-electron chi connectivity index (χ2n) is 8.07. The highest BCUT2D eigenvalue weighted by Crippen LogP contribution is 2.32. The Kier molecular flexibility index (Phi) is 5.85. The topological polar surface area (TPSA) is 77.3 Å². The lowest BCUT2D eigenvalue weighted by Crippen LogP contribution is -2.39. The van der Waals surface area contributed by atoms with Gasteiger partial charge in [0.15, 0.2) is 0 Å². The molecule has 1 saturated heterocycles. The summed E-state index contributed by atoms with van der Waals surface area (Å²) in [6.45, 7) is 4.71. The van der Waals surface area contributed by atoms with Crippen molar-refractivity contribution in [3.63, 3.8) is 0 Å². The summed E-state index contributed by atoms with van der Waals surface area (Å²) < 4.78 is 34.9. The van der Waals surface area contributed by atoms with Gasteiger partial charge in [0.25, 0.3) is 0 Å². The minimum atomic E-state index is -3.58. The van der Waals surface area contributed by atoms with Gasteiger partial charge in [0.05, 0.1) is 19.0 Å². The first kappa shape index (κ1) is 21.5. The predicted molar refractivity (Wildman–Crippen MR) is 120 cm³/mol. The van der Waals surface area contributed by atoms with Gasteiger partial charge in [0.1, 0.15) is 10.6 Å². The van der Waals surface area contributed by atoms with Crippen LogP contribution in [0.3, 0.4) is 0 Å². The normalized spacial score (nSPS) is 17.6. The molecule has 4 rings (SSSR count). The summed E-state index contributed by atoms with van der Waals surface area (Å²) >= 11 is 0. The zero-order valence-electron chi connectivity index (χ0n) is 18.4. The number of sulfonamides is 1. The van der Waals surface area contributed by atoms with Crippen LogP contribution >= 0.6 is 0 Å². The molecule has 8 heteroatoms. The highest BCUT2D eigenvalue weighted by Gasteiger charge is 2.33. The zero-order chi connectivity index (χ0) is 22.2. The number of pyridine rings is 1. The summed E-state index contributed by atoms with van der Waals surface area (Å²) in [5.41, 5.74) is 4.67. The molecule has 0 aliphatic carbocycles. The van der Waals surface area contributed by atoms with E-state index >= 15 is 0 Å². The molecule has 1 aliphatic rings. The molecule has 0 saturated carbocycles. The Morgan fingerprint density at radius 2 is 1.84 bits per heavy atom. The minimum absolute atomic E-state index is 0.0531. The number of nitrogens with zero attached hydrogens (tertiary/aromatic N) is 4. The Balaban J connectivity index is 1.62. The lowest BCUT2D eigenvalue weighted by Gasteiger charge is -2.31. The fourth-order valence-electron chi connectivity index (χ4n) is 4.13. The summed E-state index contributed by atoms with van der Waals surface area (Å²) in [4.78, 5) is 5.05. The fourth-order valence-corrected chi connectivity index (χ4v) is 5.84. The van der Waals surface area contributed by atoms with Gasteiger partial charge in [0.2, 0.25) is 10.0 Å². The van der Waals surface area contributed by atoms with E-state index in [1.165, 1.54) is 6.20 Å². The molecule has 1 aromatic carbocycles. The molecule has 31 heavy (non-hydrogen) atoms. The third-order valence-electron chi connectivity index (χ3n) is 6.01. The van der Waals surface area contributed by atoms with E-state index in [1.54, 1.807) is 30.1 Å². The van der Waals surface area contributed by atoms with Crippen LogP contribution in [0, 0.1) is 13.8 Å². The van der Waals surface area contributed by atoms with E-state index in [-0.39, 0.29) is 10.8 Å². The Morgan fingerprint density at radius 3 is 2.48 bits per heavy atom. The van der Waals surface area contributed by atoms with Gasteiger partial charge in [0, 0.05) is 37.4 Å². The van der Waals surface area contributed by atoms with Gasteiger partial charge in [-0.15, -0.1) is 0 Å². The molecule has 1 aliphatic heterocycles. The van der Waals surface area contributed by atoms with Crippen LogP contribution in [-0.4, -0.2) is 47.7 Å². The van der Waals surface area contributed by atoms with Crippen molar-refractivity contribution in [3.8, 4) is 16.9 Å². The Hall–Kier alpha value is -2.71. The molecule has 1 atom stereocenters. The summed E-state index contributed by atoms with van der Waals surface area (Å²) in [7, 11) is -0.178. The second-order valence-corrected chi connectivity index (χ2v) is 9.98. The molecule has 0 bridgehead atoms. The van der Waals surface area contributed by atoms with E-state index in [2.05, 4.69) is 17.2 Å². The number of ether oxygens (including phenoxy) is 1. The summed E-state index contributed by atoms with van der Waals surface area (Å²) in [6.07, 6.45) is 3.16. The predicted octanol–water partition coefficient (Wildman–Crippen LogP) is 3.68. The van der Waals surface area contributed by atoms with Gasteiger partial charge in [-0.05, 0) is 62.1 Å². The maximum Gasteiger partial charge on any atom is 0.246 e.